The molecule has 0 bridgehead atoms. The van der Waals surface area contributed by atoms with Gasteiger partial charge >= 0.3 is 5.97 Å². The van der Waals surface area contributed by atoms with Gasteiger partial charge in [-0.05, 0) is 36.8 Å². The summed E-state index contributed by atoms with van der Waals surface area (Å²) < 4.78 is 5.07. The molecule has 0 saturated heterocycles. The summed E-state index contributed by atoms with van der Waals surface area (Å²) in [6.45, 7) is 5.17. The predicted octanol–water partition coefficient (Wildman–Crippen LogP) is 3.33. The maximum atomic E-state index is 12.0. The molecule has 0 fully saturated rings. The van der Waals surface area contributed by atoms with Gasteiger partial charge in [0.05, 0.1) is 0 Å². The van der Waals surface area contributed by atoms with Gasteiger partial charge in [-0.2, -0.15) is 0 Å². The monoisotopic (exact) mass is 385 g/mol. The highest BCUT2D eigenvalue weighted by molar-refractivity contribution is 6.06. The van der Waals surface area contributed by atoms with Crippen molar-refractivity contribution in [1.29, 1.82) is 0 Å². The third-order valence-electron chi connectivity index (χ3n) is 3.26. The van der Waals surface area contributed by atoms with Crippen LogP contribution in [0.4, 0.5) is 0 Å². The number of carboxylic acid groups (broad SMARTS) is 1. The van der Waals surface area contributed by atoms with Gasteiger partial charge in [0.25, 0.3) is 5.56 Å². The van der Waals surface area contributed by atoms with Crippen molar-refractivity contribution in [3.05, 3.63) is 75.7 Å². The Kier molecular flexibility index (Phi) is 8.95. The average Bonchev–Trinajstić information content (AvgIpc) is 2.65. The van der Waals surface area contributed by atoms with Crippen LogP contribution in [0.1, 0.15) is 35.5 Å². The number of aryl methyl sites for hydroxylation is 1. The molecule has 2 rings (SSSR count). The summed E-state index contributed by atoms with van der Waals surface area (Å²) in [4.78, 5) is 36.7. The predicted molar refractivity (Wildman–Crippen MR) is 107 cm³/mol. The zero-order valence-corrected chi connectivity index (χ0v) is 15.9. The van der Waals surface area contributed by atoms with Crippen LogP contribution in [0.2, 0.25) is 0 Å². The third-order valence-corrected chi connectivity index (χ3v) is 3.26. The van der Waals surface area contributed by atoms with E-state index in [-0.39, 0.29) is 11.3 Å². The second kappa shape index (κ2) is 11.2. The molecule has 0 radical (unpaired) electrons. The van der Waals surface area contributed by atoms with E-state index in [9.17, 15) is 19.5 Å². The summed E-state index contributed by atoms with van der Waals surface area (Å²) in [5.74, 6) is -1.65. The molecular formula is C21H23NO6. The van der Waals surface area contributed by atoms with Crippen molar-refractivity contribution >= 4 is 17.8 Å². The fraction of sp³-hybridized carbons (Fsp3) is 0.190. The molecule has 7 nitrogen and oxygen atoms in total. The number of H-pyrrole nitrogens is 1. The van der Waals surface area contributed by atoms with Crippen LogP contribution in [0, 0.1) is 6.92 Å². The van der Waals surface area contributed by atoms with Crippen LogP contribution in [0.25, 0.3) is 6.08 Å². The van der Waals surface area contributed by atoms with Crippen LogP contribution in [-0.2, 0) is 4.79 Å². The molecular weight excluding hydrogens is 362 g/mol. The van der Waals surface area contributed by atoms with Crippen molar-refractivity contribution in [2.75, 3.05) is 6.61 Å². The smallest absolute Gasteiger partial charge is 0.341 e. The molecule has 0 saturated carbocycles. The van der Waals surface area contributed by atoms with Crippen LogP contribution >= 0.6 is 0 Å². The number of aliphatic carboxylic acids is 1. The number of pyridine rings is 1. The quantitative estimate of drug-likeness (QED) is 0.382. The fourth-order valence-corrected chi connectivity index (χ4v) is 2.16. The topological polar surface area (TPSA) is 117 Å². The van der Waals surface area contributed by atoms with Gasteiger partial charge < -0.3 is 19.9 Å². The number of carboxylic acids is 1. The summed E-state index contributed by atoms with van der Waals surface area (Å²) in [6, 6.07) is 8.06. The van der Waals surface area contributed by atoms with Crippen LogP contribution in [-0.4, -0.2) is 33.6 Å². The molecule has 28 heavy (non-hydrogen) atoms. The lowest BCUT2D eigenvalue weighted by atomic mass is 10.1. The van der Waals surface area contributed by atoms with Crippen LogP contribution in [0.3, 0.4) is 0 Å². The van der Waals surface area contributed by atoms with Crippen LogP contribution in [0.5, 0.6) is 11.5 Å². The lowest BCUT2D eigenvalue weighted by Crippen LogP contribution is -2.17. The maximum absolute atomic E-state index is 12.0. The van der Waals surface area contributed by atoms with Gasteiger partial charge in [-0.1, -0.05) is 44.2 Å². The number of carbonyl (C=O) groups is 2. The number of rotatable bonds is 7. The number of allylic oxidation sites excluding steroid dienone is 3. The Morgan fingerprint density at radius 1 is 1.18 bits per heavy atom. The summed E-state index contributed by atoms with van der Waals surface area (Å²) in [5.41, 5.74) is 0.229. The van der Waals surface area contributed by atoms with E-state index in [1.807, 2.05) is 13.8 Å². The first-order valence-corrected chi connectivity index (χ1v) is 8.63. The molecule has 0 atom stereocenters. The molecule has 0 spiro atoms. The van der Waals surface area contributed by atoms with E-state index in [4.69, 9.17) is 9.84 Å². The Bertz CT molecular complexity index is 940. The first kappa shape index (κ1) is 22.4. The SMILES string of the molecule is CC.Cc1cc(O)c(C(=O)/C=C/C=C/c2cccc(OCC(=O)O)c2)c(=O)[nH]1. The molecule has 0 amide bonds. The number of nitrogens with one attached hydrogen (secondary N) is 1. The minimum absolute atomic E-state index is 0.315. The number of hydrogen-bond acceptors (Lipinski definition) is 5. The molecule has 2 aromatic rings. The number of aromatic hydroxyl groups is 1. The Labute approximate surface area is 162 Å². The van der Waals surface area contributed by atoms with Crippen LogP contribution in [0.15, 0.2) is 53.4 Å². The molecule has 1 heterocycles. The van der Waals surface area contributed by atoms with Gasteiger partial charge in [-0.25, -0.2) is 4.79 Å². The van der Waals surface area contributed by atoms with E-state index in [0.29, 0.717) is 11.4 Å². The first-order chi connectivity index (χ1) is 13.4. The normalized spacial score (nSPS) is 10.5. The van der Waals surface area contributed by atoms with Crippen molar-refractivity contribution < 1.29 is 24.5 Å². The number of hydrogen-bond donors (Lipinski definition) is 3. The van der Waals surface area contributed by atoms with Crippen molar-refractivity contribution in [3.63, 3.8) is 0 Å². The molecule has 0 aliphatic rings. The van der Waals surface area contributed by atoms with Gasteiger partial charge in [-0.15, -0.1) is 0 Å². The van der Waals surface area contributed by atoms with Crippen molar-refractivity contribution in [2.24, 2.45) is 0 Å². The highest BCUT2D eigenvalue weighted by Crippen LogP contribution is 2.15. The molecule has 3 N–H and O–H groups in total. The molecule has 7 heteroatoms. The first-order valence-electron chi connectivity index (χ1n) is 8.63. The van der Waals surface area contributed by atoms with Gasteiger partial charge in [0, 0.05) is 5.69 Å². The molecule has 0 unspecified atom stereocenters. The molecule has 0 aliphatic heterocycles. The van der Waals surface area contributed by atoms with E-state index >= 15 is 0 Å². The maximum Gasteiger partial charge on any atom is 0.341 e. The number of ketones is 1. The third kappa shape index (κ3) is 6.95. The number of ether oxygens (including phenoxy) is 1. The molecule has 1 aromatic heterocycles. The highest BCUT2D eigenvalue weighted by Gasteiger charge is 2.13. The Morgan fingerprint density at radius 3 is 2.54 bits per heavy atom. The lowest BCUT2D eigenvalue weighted by Gasteiger charge is -2.03. The van der Waals surface area contributed by atoms with Crippen LogP contribution < -0.4 is 10.3 Å². The minimum Gasteiger partial charge on any atom is -0.507 e. The van der Waals surface area contributed by atoms with E-state index < -0.39 is 23.9 Å². The number of carbonyl (C=O) groups excluding carboxylic acids is 1. The van der Waals surface area contributed by atoms with E-state index in [1.54, 1.807) is 43.3 Å². The molecule has 148 valence electrons. The van der Waals surface area contributed by atoms with E-state index in [2.05, 4.69) is 4.98 Å². The Balaban J connectivity index is 0.00000190. The molecule has 1 aromatic carbocycles. The van der Waals surface area contributed by atoms with E-state index in [0.717, 1.165) is 5.56 Å². The second-order valence-electron chi connectivity index (χ2n) is 5.38. The minimum atomic E-state index is -1.07. The molecule has 0 aliphatic carbocycles. The zero-order chi connectivity index (χ0) is 21.1. The lowest BCUT2D eigenvalue weighted by molar-refractivity contribution is -0.139. The highest BCUT2D eigenvalue weighted by atomic mass is 16.5. The largest absolute Gasteiger partial charge is 0.507 e. The van der Waals surface area contributed by atoms with E-state index in [1.165, 1.54) is 18.2 Å². The standard InChI is InChI=1S/C19H17NO6.C2H6/c1-12-9-16(22)18(19(25)20-12)15(21)8-3-2-5-13-6-4-7-14(10-13)26-11-17(23)24;1-2/h2-10H,11H2,1H3,(H,23,24)(H2,20,22,25);1-2H3/b5-2+,8-3+;. The van der Waals surface area contributed by atoms with Crippen molar-refractivity contribution in [1.82, 2.24) is 4.98 Å². The number of aromatic amines is 1. The summed E-state index contributed by atoms with van der Waals surface area (Å²) in [6.07, 6.45) is 5.86. The van der Waals surface area contributed by atoms with Gasteiger partial charge in [0.2, 0.25) is 0 Å². The number of benzene rings is 1. The van der Waals surface area contributed by atoms with Crippen molar-refractivity contribution in [3.8, 4) is 11.5 Å². The Morgan fingerprint density at radius 2 is 1.89 bits per heavy atom. The summed E-state index contributed by atoms with van der Waals surface area (Å²) >= 11 is 0. The average molecular weight is 385 g/mol. The summed E-state index contributed by atoms with van der Waals surface area (Å²) in [5, 5.41) is 18.3. The fourth-order valence-electron chi connectivity index (χ4n) is 2.16. The summed E-state index contributed by atoms with van der Waals surface area (Å²) in [7, 11) is 0. The zero-order valence-electron chi connectivity index (χ0n) is 15.9. The van der Waals surface area contributed by atoms with Gasteiger partial charge in [0.1, 0.15) is 17.1 Å². The van der Waals surface area contributed by atoms with Crippen molar-refractivity contribution in [2.45, 2.75) is 20.8 Å². The number of aromatic nitrogens is 1. The Hall–Kier alpha value is -3.61. The van der Waals surface area contributed by atoms with Gasteiger partial charge in [0.15, 0.2) is 12.4 Å². The second-order valence-corrected chi connectivity index (χ2v) is 5.38. The van der Waals surface area contributed by atoms with Gasteiger partial charge in [-0.3, -0.25) is 9.59 Å².